The number of aliphatic hydroxyl groups is 2. The van der Waals surface area contributed by atoms with Gasteiger partial charge in [0, 0.05) is 13.1 Å². The minimum Gasteiger partial charge on any atom is -0.388 e. The van der Waals surface area contributed by atoms with Crippen LogP contribution in [0.2, 0.25) is 0 Å². The number of aryl methyl sites for hydroxylation is 1. The first-order valence-electron chi connectivity index (χ1n) is 10.8. The van der Waals surface area contributed by atoms with E-state index in [1.54, 1.807) is 13.8 Å². The second-order valence-corrected chi connectivity index (χ2v) is 10.0. The molecule has 2 N–H and O–H groups in total. The van der Waals surface area contributed by atoms with Gasteiger partial charge in [-0.15, -0.1) is 0 Å². The zero-order chi connectivity index (χ0) is 22.0. The molecule has 30 heavy (non-hydrogen) atoms. The largest absolute Gasteiger partial charge is 0.388 e. The Hall–Kier alpha value is -1.67. The van der Waals surface area contributed by atoms with E-state index in [1.807, 2.05) is 9.80 Å². The first-order valence-corrected chi connectivity index (χ1v) is 10.8. The van der Waals surface area contributed by atoms with Crippen molar-refractivity contribution in [3.63, 3.8) is 0 Å². The summed E-state index contributed by atoms with van der Waals surface area (Å²) in [6.07, 6.45) is -1.84. The van der Waals surface area contributed by atoms with Gasteiger partial charge in [-0.1, -0.05) is 13.8 Å². The van der Waals surface area contributed by atoms with Gasteiger partial charge in [0.2, 0.25) is 5.91 Å². The van der Waals surface area contributed by atoms with E-state index in [9.17, 15) is 15.0 Å². The molecule has 1 saturated heterocycles. The fraction of sp³-hybridized carbons (Fsp3) is 0.696. The Morgan fingerprint density at radius 2 is 1.93 bits per heavy atom. The van der Waals surface area contributed by atoms with Crippen LogP contribution in [0.3, 0.4) is 0 Å². The molecule has 7 heteroatoms. The molecular weight excluding hydrogens is 384 g/mol. The number of β-amino-alcohol motifs (C(OH)–C–C–N with tert-alkyl or cyclic N) is 1. The molecule has 0 aliphatic carbocycles. The van der Waals surface area contributed by atoms with Crippen LogP contribution in [0, 0.1) is 13.8 Å². The predicted molar refractivity (Wildman–Crippen MR) is 115 cm³/mol. The summed E-state index contributed by atoms with van der Waals surface area (Å²) in [5.41, 5.74) is 5.49. The van der Waals surface area contributed by atoms with Crippen molar-refractivity contribution in [1.82, 2.24) is 0 Å². The number of hydrogen-bond acceptors (Lipinski definition) is 6. The van der Waals surface area contributed by atoms with Crippen LogP contribution in [-0.2, 0) is 19.7 Å². The average molecular weight is 419 g/mol. The summed E-state index contributed by atoms with van der Waals surface area (Å²) in [4.78, 5) is 16.8. The third kappa shape index (κ3) is 3.51. The summed E-state index contributed by atoms with van der Waals surface area (Å²) < 4.78 is 11.2. The van der Waals surface area contributed by atoms with Crippen molar-refractivity contribution in [2.45, 2.75) is 77.5 Å². The molecule has 3 aliphatic rings. The van der Waals surface area contributed by atoms with Crippen molar-refractivity contribution in [2.75, 3.05) is 36.0 Å². The van der Waals surface area contributed by atoms with E-state index in [2.05, 4.69) is 33.8 Å². The number of carbonyl (C=O) groups excluding carboxylic acids is 1. The Balaban J connectivity index is 1.65. The Kier molecular flexibility index (Phi) is 5.17. The van der Waals surface area contributed by atoms with Gasteiger partial charge in [-0.2, -0.15) is 0 Å². The molecular formula is C23H34N2O5. The summed E-state index contributed by atoms with van der Waals surface area (Å²) in [6.45, 7) is 13.5. The molecule has 3 aliphatic heterocycles. The fourth-order valence-corrected chi connectivity index (χ4v) is 5.07. The lowest BCUT2D eigenvalue weighted by Crippen LogP contribution is -2.54. The van der Waals surface area contributed by atoms with Crippen LogP contribution in [0.1, 0.15) is 50.8 Å². The summed E-state index contributed by atoms with van der Waals surface area (Å²) >= 11 is 0. The third-order valence-corrected chi connectivity index (χ3v) is 6.89. The Labute approximate surface area is 178 Å². The Bertz CT molecular complexity index is 866. The van der Waals surface area contributed by atoms with Crippen LogP contribution < -0.4 is 9.80 Å². The Morgan fingerprint density at radius 1 is 1.23 bits per heavy atom. The van der Waals surface area contributed by atoms with E-state index in [4.69, 9.17) is 9.47 Å². The monoisotopic (exact) mass is 418 g/mol. The van der Waals surface area contributed by atoms with Gasteiger partial charge in [0.1, 0.15) is 12.2 Å². The number of amides is 1. The molecule has 3 heterocycles. The maximum absolute atomic E-state index is 13.0. The minimum atomic E-state index is -1.10. The normalized spacial score (nSPS) is 26.5. The van der Waals surface area contributed by atoms with Crippen molar-refractivity contribution >= 4 is 17.3 Å². The molecule has 3 unspecified atom stereocenters. The number of hydrogen-bond donors (Lipinski definition) is 2. The lowest BCUT2D eigenvalue weighted by Gasteiger charge is -2.47. The fourth-order valence-electron chi connectivity index (χ4n) is 5.07. The molecule has 1 fully saturated rings. The highest BCUT2D eigenvalue weighted by atomic mass is 16.7. The van der Waals surface area contributed by atoms with Crippen LogP contribution in [0.4, 0.5) is 11.4 Å². The SMILES string of the molecule is Cc1cc2c3c(c1C)C(C)(C)CCN3C(=O)CN2CC(O)C(O)C1COC(C)(C)O1. The van der Waals surface area contributed by atoms with Gasteiger partial charge < -0.3 is 29.5 Å². The summed E-state index contributed by atoms with van der Waals surface area (Å²) in [5, 5.41) is 21.5. The predicted octanol–water partition coefficient (Wildman–Crippen LogP) is 2.01. The number of aliphatic hydroxyl groups excluding tert-OH is 2. The topological polar surface area (TPSA) is 82.5 Å². The van der Waals surface area contributed by atoms with Gasteiger partial charge in [0.05, 0.1) is 30.6 Å². The van der Waals surface area contributed by atoms with Crippen LogP contribution in [0.5, 0.6) is 0 Å². The third-order valence-electron chi connectivity index (χ3n) is 6.89. The number of anilines is 2. The number of benzene rings is 1. The van der Waals surface area contributed by atoms with Crippen LogP contribution >= 0.6 is 0 Å². The van der Waals surface area contributed by atoms with Crippen LogP contribution in [0.15, 0.2) is 6.07 Å². The summed E-state index contributed by atoms with van der Waals surface area (Å²) in [7, 11) is 0. The van der Waals surface area contributed by atoms with E-state index < -0.39 is 24.1 Å². The minimum absolute atomic E-state index is 0.0291. The van der Waals surface area contributed by atoms with E-state index in [0.717, 1.165) is 17.8 Å². The first kappa shape index (κ1) is 21.6. The van der Waals surface area contributed by atoms with Gasteiger partial charge in [-0.3, -0.25) is 4.79 Å². The number of rotatable bonds is 4. The van der Waals surface area contributed by atoms with E-state index in [-0.39, 0.29) is 31.0 Å². The zero-order valence-corrected chi connectivity index (χ0v) is 18.9. The van der Waals surface area contributed by atoms with Gasteiger partial charge >= 0.3 is 0 Å². The van der Waals surface area contributed by atoms with E-state index >= 15 is 0 Å². The smallest absolute Gasteiger partial charge is 0.246 e. The number of ether oxygens (including phenoxy) is 2. The maximum atomic E-state index is 13.0. The van der Waals surface area contributed by atoms with Crippen molar-refractivity contribution in [3.05, 3.63) is 22.8 Å². The zero-order valence-electron chi connectivity index (χ0n) is 18.9. The second-order valence-electron chi connectivity index (χ2n) is 10.0. The van der Waals surface area contributed by atoms with Crippen molar-refractivity contribution in [1.29, 1.82) is 0 Å². The standard InChI is InChI=1S/C23H34N2O5/c1-13-9-15-20-19(14(13)2)22(3,4)7-8-25(20)18(27)11-24(15)10-16(26)21(28)17-12-29-23(5,6)30-17/h9,16-17,21,26,28H,7-8,10-12H2,1-6H3. The van der Waals surface area contributed by atoms with Gasteiger partial charge in [-0.25, -0.2) is 0 Å². The molecule has 3 atom stereocenters. The second kappa shape index (κ2) is 7.19. The highest BCUT2D eigenvalue weighted by molar-refractivity contribution is 6.05. The molecule has 166 valence electrons. The lowest BCUT2D eigenvalue weighted by atomic mass is 9.73. The van der Waals surface area contributed by atoms with E-state index in [0.29, 0.717) is 6.54 Å². The van der Waals surface area contributed by atoms with E-state index in [1.165, 1.54) is 16.7 Å². The quantitative estimate of drug-likeness (QED) is 0.779. The molecule has 0 saturated carbocycles. The molecule has 4 rings (SSSR count). The maximum Gasteiger partial charge on any atom is 0.246 e. The summed E-state index contributed by atoms with van der Waals surface area (Å²) in [5.74, 6) is -0.739. The number of carbonyl (C=O) groups is 1. The molecule has 0 aromatic heterocycles. The first-order chi connectivity index (χ1) is 13.9. The van der Waals surface area contributed by atoms with Gasteiger partial charge in [-0.05, 0) is 62.3 Å². The molecule has 0 spiro atoms. The highest BCUT2D eigenvalue weighted by Crippen LogP contribution is 2.49. The number of nitrogens with zero attached hydrogens (tertiary/aromatic N) is 2. The van der Waals surface area contributed by atoms with Gasteiger partial charge in [0.15, 0.2) is 5.79 Å². The van der Waals surface area contributed by atoms with Gasteiger partial charge in [0.25, 0.3) is 0 Å². The Morgan fingerprint density at radius 3 is 2.57 bits per heavy atom. The molecule has 0 bridgehead atoms. The molecule has 7 nitrogen and oxygen atoms in total. The van der Waals surface area contributed by atoms with Crippen molar-refractivity contribution in [2.24, 2.45) is 0 Å². The summed E-state index contributed by atoms with van der Waals surface area (Å²) in [6, 6.07) is 2.10. The molecule has 1 aromatic rings. The highest BCUT2D eigenvalue weighted by Gasteiger charge is 2.43. The van der Waals surface area contributed by atoms with Crippen molar-refractivity contribution < 1.29 is 24.5 Å². The molecule has 0 radical (unpaired) electrons. The average Bonchev–Trinajstić information content (AvgIpc) is 3.01. The molecule has 1 amide bonds. The van der Waals surface area contributed by atoms with Crippen molar-refractivity contribution in [3.8, 4) is 0 Å². The molecule has 1 aromatic carbocycles. The lowest BCUT2D eigenvalue weighted by molar-refractivity contribution is -0.159. The van der Waals surface area contributed by atoms with Crippen LogP contribution in [0.25, 0.3) is 0 Å². The van der Waals surface area contributed by atoms with Crippen LogP contribution in [-0.4, -0.2) is 66.5 Å².